The van der Waals surface area contributed by atoms with E-state index >= 15 is 0 Å². The van der Waals surface area contributed by atoms with Gasteiger partial charge in [-0.25, -0.2) is 9.97 Å². The molecule has 0 amide bonds. The molecule has 4 rings (SSSR count). The maximum Gasteiger partial charge on any atom is 0.416 e. The van der Waals surface area contributed by atoms with Gasteiger partial charge in [0.25, 0.3) is 0 Å². The first-order valence-corrected chi connectivity index (χ1v) is 8.39. The molecule has 0 spiro atoms. The van der Waals surface area contributed by atoms with Gasteiger partial charge in [0.15, 0.2) is 5.82 Å². The molecule has 10 heteroatoms. The third kappa shape index (κ3) is 3.44. The van der Waals surface area contributed by atoms with Crippen molar-refractivity contribution in [1.82, 2.24) is 24.7 Å². The van der Waals surface area contributed by atoms with E-state index in [1.165, 1.54) is 26.5 Å². The fourth-order valence-corrected chi connectivity index (χ4v) is 2.86. The summed E-state index contributed by atoms with van der Waals surface area (Å²) >= 11 is 0. The molecule has 0 aliphatic rings. The number of aromatic nitrogens is 5. The number of rotatable bonds is 4. The number of benzene rings is 1. The van der Waals surface area contributed by atoms with Crippen molar-refractivity contribution in [3.05, 3.63) is 54.2 Å². The zero-order valence-electron chi connectivity index (χ0n) is 15.3. The second kappa shape index (κ2) is 7.04. The molecule has 0 saturated carbocycles. The van der Waals surface area contributed by atoms with Gasteiger partial charge in [0.05, 0.1) is 30.8 Å². The van der Waals surface area contributed by atoms with Crippen LogP contribution in [0, 0.1) is 0 Å². The van der Waals surface area contributed by atoms with Crippen LogP contribution >= 0.6 is 0 Å². The molecule has 0 fully saturated rings. The van der Waals surface area contributed by atoms with E-state index in [-0.39, 0.29) is 5.52 Å². The Morgan fingerprint density at radius 1 is 0.897 bits per heavy atom. The smallest absolute Gasteiger partial charge is 0.416 e. The molecule has 4 aromatic rings. The minimum Gasteiger partial charge on any atom is -0.481 e. The van der Waals surface area contributed by atoms with Gasteiger partial charge in [-0.2, -0.15) is 13.2 Å². The van der Waals surface area contributed by atoms with Gasteiger partial charge in [-0.15, -0.1) is 10.2 Å². The quantitative estimate of drug-likeness (QED) is 0.516. The fourth-order valence-electron chi connectivity index (χ4n) is 2.86. The topological polar surface area (TPSA) is 75.0 Å². The van der Waals surface area contributed by atoms with Gasteiger partial charge >= 0.3 is 6.18 Å². The Kier molecular flexibility index (Phi) is 4.53. The van der Waals surface area contributed by atoms with Gasteiger partial charge in [-0.05, 0) is 30.3 Å². The Bertz CT molecular complexity index is 1160. The van der Waals surface area contributed by atoms with Gasteiger partial charge in [0, 0.05) is 23.9 Å². The van der Waals surface area contributed by atoms with Crippen LogP contribution < -0.4 is 9.47 Å². The Morgan fingerprint density at radius 2 is 1.66 bits per heavy atom. The summed E-state index contributed by atoms with van der Waals surface area (Å²) in [5.74, 6) is 1.46. The lowest BCUT2D eigenvalue weighted by atomic mass is 10.2. The van der Waals surface area contributed by atoms with Crippen molar-refractivity contribution in [2.45, 2.75) is 6.18 Å². The molecule has 3 aromatic heterocycles. The second-order valence-electron chi connectivity index (χ2n) is 6.00. The first-order valence-electron chi connectivity index (χ1n) is 8.39. The van der Waals surface area contributed by atoms with E-state index in [4.69, 9.17) is 9.47 Å². The summed E-state index contributed by atoms with van der Waals surface area (Å²) < 4.78 is 51.1. The van der Waals surface area contributed by atoms with Crippen molar-refractivity contribution in [2.24, 2.45) is 0 Å². The number of alkyl halides is 3. The monoisotopic (exact) mass is 401 g/mol. The fraction of sp³-hybridized carbons (Fsp3) is 0.158. The third-order valence-corrected chi connectivity index (χ3v) is 4.25. The van der Waals surface area contributed by atoms with E-state index in [0.717, 1.165) is 12.1 Å². The van der Waals surface area contributed by atoms with Crippen molar-refractivity contribution in [3.63, 3.8) is 0 Å². The van der Waals surface area contributed by atoms with Crippen molar-refractivity contribution in [3.8, 4) is 29.0 Å². The van der Waals surface area contributed by atoms with Gasteiger partial charge in [-0.1, -0.05) is 0 Å². The molecule has 1 aromatic carbocycles. The second-order valence-corrected chi connectivity index (χ2v) is 6.00. The lowest BCUT2D eigenvalue weighted by molar-refractivity contribution is -0.137. The maximum atomic E-state index is 13.1. The van der Waals surface area contributed by atoms with E-state index in [1.54, 1.807) is 28.8 Å². The summed E-state index contributed by atoms with van der Waals surface area (Å²) in [5.41, 5.74) is 0.412. The zero-order valence-corrected chi connectivity index (χ0v) is 15.3. The molecular formula is C19H14F3N5O2. The summed E-state index contributed by atoms with van der Waals surface area (Å²) in [6.45, 7) is 0. The number of hydrogen-bond donors (Lipinski definition) is 0. The lowest BCUT2D eigenvalue weighted by Crippen LogP contribution is -2.05. The number of hydrogen-bond acceptors (Lipinski definition) is 6. The highest BCUT2D eigenvalue weighted by atomic mass is 19.4. The van der Waals surface area contributed by atoms with Crippen molar-refractivity contribution in [2.75, 3.05) is 14.2 Å². The standard InChI is InChI=1S/C19H14F3N5O2/c1-28-16-7-3-11(10-23-16)18-24-13-9-12(19(20,21)22)4-5-14(13)27(18)15-6-8-17(29-2)26-25-15/h3-10H,1-2H3. The van der Waals surface area contributed by atoms with Crippen LogP contribution in [-0.4, -0.2) is 39.0 Å². The molecule has 0 aliphatic heterocycles. The number of halogens is 3. The van der Waals surface area contributed by atoms with Crippen molar-refractivity contribution < 1.29 is 22.6 Å². The molecule has 0 radical (unpaired) electrons. The van der Waals surface area contributed by atoms with Gasteiger partial charge in [0.2, 0.25) is 11.8 Å². The van der Waals surface area contributed by atoms with Gasteiger partial charge < -0.3 is 9.47 Å². The van der Waals surface area contributed by atoms with Crippen LogP contribution in [-0.2, 0) is 6.18 Å². The highest BCUT2D eigenvalue weighted by Gasteiger charge is 2.31. The molecule has 29 heavy (non-hydrogen) atoms. The Hall–Kier alpha value is -3.69. The summed E-state index contributed by atoms with van der Waals surface area (Å²) in [4.78, 5) is 8.57. The van der Waals surface area contributed by atoms with Crippen LogP contribution in [0.2, 0.25) is 0 Å². The largest absolute Gasteiger partial charge is 0.481 e. The van der Waals surface area contributed by atoms with Crippen LogP contribution in [0.25, 0.3) is 28.2 Å². The zero-order chi connectivity index (χ0) is 20.6. The van der Waals surface area contributed by atoms with Crippen LogP contribution in [0.5, 0.6) is 11.8 Å². The summed E-state index contributed by atoms with van der Waals surface area (Å²) in [7, 11) is 2.95. The normalized spacial score (nSPS) is 11.6. The Labute approximate surface area is 162 Å². The number of nitrogens with zero attached hydrogens (tertiary/aromatic N) is 5. The molecule has 0 unspecified atom stereocenters. The lowest BCUT2D eigenvalue weighted by Gasteiger charge is -2.09. The van der Waals surface area contributed by atoms with Crippen LogP contribution in [0.15, 0.2) is 48.7 Å². The Morgan fingerprint density at radius 3 is 2.24 bits per heavy atom. The van der Waals surface area contributed by atoms with Crippen LogP contribution in [0.3, 0.4) is 0 Å². The summed E-state index contributed by atoms with van der Waals surface area (Å²) in [6.07, 6.45) is -2.95. The predicted molar refractivity (Wildman–Crippen MR) is 98.0 cm³/mol. The van der Waals surface area contributed by atoms with Gasteiger partial charge in [0.1, 0.15) is 5.82 Å². The minimum atomic E-state index is -4.47. The van der Waals surface area contributed by atoms with Crippen LogP contribution in [0.4, 0.5) is 13.2 Å². The first kappa shape index (κ1) is 18.7. The molecule has 148 valence electrons. The maximum absolute atomic E-state index is 13.1. The average molecular weight is 401 g/mol. The van der Waals surface area contributed by atoms with Crippen LogP contribution in [0.1, 0.15) is 5.56 Å². The molecule has 0 N–H and O–H groups in total. The Balaban J connectivity index is 1.95. The minimum absolute atomic E-state index is 0.170. The van der Waals surface area contributed by atoms with Gasteiger partial charge in [-0.3, -0.25) is 4.57 Å². The number of fused-ring (bicyclic) bond motifs is 1. The molecule has 0 atom stereocenters. The number of pyridine rings is 1. The molecule has 0 bridgehead atoms. The van der Waals surface area contributed by atoms with Crippen molar-refractivity contribution in [1.29, 1.82) is 0 Å². The molecular weight excluding hydrogens is 387 g/mol. The molecule has 0 aliphatic carbocycles. The van der Waals surface area contributed by atoms with E-state index in [9.17, 15) is 13.2 Å². The predicted octanol–water partition coefficient (Wildman–Crippen LogP) is 3.91. The number of methoxy groups -OCH3 is 2. The van der Waals surface area contributed by atoms with Crippen molar-refractivity contribution >= 4 is 11.0 Å². The highest BCUT2D eigenvalue weighted by molar-refractivity contribution is 5.83. The van der Waals surface area contributed by atoms with E-state index < -0.39 is 11.7 Å². The number of ether oxygens (including phenoxy) is 2. The summed E-state index contributed by atoms with van der Waals surface area (Å²) in [5, 5.41) is 8.06. The SMILES string of the molecule is COc1ccc(-c2nc3cc(C(F)(F)F)ccc3n2-c2ccc(OC)nn2)cn1. The number of imidazole rings is 1. The van der Waals surface area contributed by atoms with E-state index in [1.807, 2.05) is 0 Å². The highest BCUT2D eigenvalue weighted by Crippen LogP contribution is 2.34. The van der Waals surface area contributed by atoms with E-state index in [0.29, 0.717) is 34.5 Å². The molecule has 3 heterocycles. The first-order chi connectivity index (χ1) is 13.9. The van der Waals surface area contributed by atoms with E-state index in [2.05, 4.69) is 20.2 Å². The average Bonchev–Trinajstić information content (AvgIpc) is 3.12. The molecule has 0 saturated heterocycles. The molecule has 7 nitrogen and oxygen atoms in total. The third-order valence-electron chi connectivity index (χ3n) is 4.25. The summed E-state index contributed by atoms with van der Waals surface area (Å²) in [6, 6.07) is 9.97.